The molecule has 0 bridgehead atoms. The first-order valence-electron chi connectivity index (χ1n) is 7.36. The maximum atomic E-state index is 12.2. The summed E-state index contributed by atoms with van der Waals surface area (Å²) in [6, 6.07) is 8.21. The normalized spacial score (nSPS) is 19.5. The van der Waals surface area contributed by atoms with Gasteiger partial charge in [-0.25, -0.2) is 9.69 Å². The van der Waals surface area contributed by atoms with Crippen molar-refractivity contribution < 1.29 is 14.3 Å². The number of imide groups is 1. The number of benzene rings is 1. The fourth-order valence-electron chi connectivity index (χ4n) is 2.55. The maximum Gasteiger partial charge on any atom is 0.417 e. The third-order valence-electron chi connectivity index (χ3n) is 3.55. The van der Waals surface area contributed by atoms with Crippen LogP contribution in [-0.2, 0) is 9.53 Å². The van der Waals surface area contributed by atoms with Crippen molar-refractivity contribution in [3.05, 3.63) is 35.4 Å². The average molecular weight is 289 g/mol. The zero-order valence-corrected chi connectivity index (χ0v) is 13.2. The van der Waals surface area contributed by atoms with Crippen molar-refractivity contribution >= 4 is 12.0 Å². The van der Waals surface area contributed by atoms with Gasteiger partial charge < -0.3 is 4.74 Å². The molecule has 0 N–H and O–H groups in total. The number of rotatable bonds is 1. The van der Waals surface area contributed by atoms with Gasteiger partial charge in [0.1, 0.15) is 5.60 Å². The molecule has 2 rings (SSSR count). The fourth-order valence-corrected chi connectivity index (χ4v) is 2.55. The Morgan fingerprint density at radius 2 is 2.05 bits per heavy atom. The van der Waals surface area contributed by atoms with E-state index < -0.39 is 11.7 Å². The molecule has 2 amide bonds. The Kier molecular flexibility index (Phi) is 4.35. The molecule has 0 spiro atoms. The molecule has 0 saturated carbocycles. The van der Waals surface area contributed by atoms with Crippen LogP contribution in [-0.4, -0.2) is 29.0 Å². The monoisotopic (exact) mass is 289 g/mol. The van der Waals surface area contributed by atoms with E-state index in [1.807, 2.05) is 25.1 Å². The molecule has 0 radical (unpaired) electrons. The third kappa shape index (κ3) is 4.06. The Labute approximate surface area is 126 Å². The first-order valence-corrected chi connectivity index (χ1v) is 7.36. The highest BCUT2D eigenvalue weighted by Gasteiger charge is 2.33. The summed E-state index contributed by atoms with van der Waals surface area (Å²) < 4.78 is 5.27. The van der Waals surface area contributed by atoms with E-state index in [0.29, 0.717) is 13.0 Å². The molecule has 1 aliphatic heterocycles. The highest BCUT2D eigenvalue weighted by Crippen LogP contribution is 2.29. The summed E-state index contributed by atoms with van der Waals surface area (Å²) in [5, 5.41) is 0. The number of hydrogen-bond acceptors (Lipinski definition) is 3. The smallest absolute Gasteiger partial charge is 0.417 e. The SMILES string of the molecule is Cc1cccc(C2CCN(C(=O)OC(C)(C)C)C(=O)C2)c1. The Hall–Kier alpha value is -1.84. The largest absolute Gasteiger partial charge is 0.443 e. The lowest BCUT2D eigenvalue weighted by Crippen LogP contribution is -2.44. The zero-order valence-electron chi connectivity index (χ0n) is 13.2. The molecule has 0 aromatic heterocycles. The Morgan fingerprint density at radius 1 is 1.33 bits per heavy atom. The summed E-state index contributed by atoms with van der Waals surface area (Å²) in [5.74, 6) is 0.0399. The fraction of sp³-hybridized carbons (Fsp3) is 0.529. The number of amides is 2. The van der Waals surface area contributed by atoms with E-state index in [4.69, 9.17) is 4.74 Å². The van der Waals surface area contributed by atoms with Gasteiger partial charge in [-0.2, -0.15) is 0 Å². The minimum absolute atomic E-state index is 0.151. The highest BCUT2D eigenvalue weighted by molar-refractivity contribution is 5.93. The van der Waals surface area contributed by atoms with Crippen molar-refractivity contribution in [3.63, 3.8) is 0 Å². The van der Waals surface area contributed by atoms with Gasteiger partial charge in [-0.15, -0.1) is 0 Å². The number of piperidine rings is 1. The number of ether oxygens (including phenoxy) is 1. The first kappa shape index (κ1) is 15.5. The molecule has 1 aliphatic rings. The topological polar surface area (TPSA) is 46.6 Å². The van der Waals surface area contributed by atoms with Crippen molar-refractivity contribution in [2.75, 3.05) is 6.54 Å². The lowest BCUT2D eigenvalue weighted by molar-refractivity contribution is -0.132. The van der Waals surface area contributed by atoms with Crippen LogP contribution in [0.25, 0.3) is 0 Å². The predicted molar refractivity (Wildman–Crippen MR) is 81.1 cm³/mol. The van der Waals surface area contributed by atoms with Crippen LogP contribution >= 0.6 is 0 Å². The van der Waals surface area contributed by atoms with Crippen LogP contribution in [0.15, 0.2) is 24.3 Å². The average Bonchev–Trinajstić information content (AvgIpc) is 2.36. The van der Waals surface area contributed by atoms with Crippen molar-refractivity contribution in [2.24, 2.45) is 0 Å². The van der Waals surface area contributed by atoms with Gasteiger partial charge in [0.15, 0.2) is 0 Å². The second kappa shape index (κ2) is 5.88. The molecule has 1 saturated heterocycles. The lowest BCUT2D eigenvalue weighted by atomic mass is 9.88. The number of aryl methyl sites for hydroxylation is 1. The molecule has 1 aromatic carbocycles. The molecule has 1 aromatic rings. The summed E-state index contributed by atoms with van der Waals surface area (Å²) in [7, 11) is 0. The molecule has 1 heterocycles. The molecule has 1 unspecified atom stereocenters. The second-order valence-corrected chi connectivity index (χ2v) is 6.63. The van der Waals surface area contributed by atoms with Gasteiger partial charge in [0.2, 0.25) is 5.91 Å². The first-order chi connectivity index (χ1) is 9.76. The molecule has 114 valence electrons. The molecule has 21 heavy (non-hydrogen) atoms. The summed E-state index contributed by atoms with van der Waals surface area (Å²) in [5.41, 5.74) is 1.78. The van der Waals surface area contributed by atoms with Gasteiger partial charge >= 0.3 is 6.09 Å². The minimum atomic E-state index is -0.579. The quantitative estimate of drug-likeness (QED) is 0.793. The van der Waals surface area contributed by atoms with Crippen LogP contribution in [0.1, 0.15) is 50.7 Å². The van der Waals surface area contributed by atoms with Crippen LogP contribution in [0.4, 0.5) is 4.79 Å². The van der Waals surface area contributed by atoms with E-state index >= 15 is 0 Å². The van der Waals surface area contributed by atoms with E-state index in [1.54, 1.807) is 20.8 Å². The highest BCUT2D eigenvalue weighted by atomic mass is 16.6. The number of hydrogen-bond donors (Lipinski definition) is 0. The lowest BCUT2D eigenvalue weighted by Gasteiger charge is -2.32. The number of carbonyl (C=O) groups is 2. The molecule has 1 atom stereocenters. The van der Waals surface area contributed by atoms with Gasteiger partial charge in [0.05, 0.1) is 0 Å². The Balaban J connectivity index is 2.02. The molecule has 1 fully saturated rings. The van der Waals surface area contributed by atoms with E-state index in [0.717, 1.165) is 6.42 Å². The van der Waals surface area contributed by atoms with Crippen LogP contribution < -0.4 is 0 Å². The van der Waals surface area contributed by atoms with Crippen LogP contribution in [0.5, 0.6) is 0 Å². The minimum Gasteiger partial charge on any atom is -0.443 e. The predicted octanol–water partition coefficient (Wildman–Crippen LogP) is 3.64. The summed E-state index contributed by atoms with van der Waals surface area (Å²) >= 11 is 0. The number of likely N-dealkylation sites (tertiary alicyclic amines) is 1. The molecule has 4 nitrogen and oxygen atoms in total. The van der Waals surface area contributed by atoms with Crippen LogP contribution in [0.2, 0.25) is 0 Å². The molecular weight excluding hydrogens is 266 g/mol. The second-order valence-electron chi connectivity index (χ2n) is 6.63. The van der Waals surface area contributed by atoms with Gasteiger partial charge in [0.25, 0.3) is 0 Å². The number of nitrogens with zero attached hydrogens (tertiary/aromatic N) is 1. The van der Waals surface area contributed by atoms with Crippen molar-refractivity contribution in [1.82, 2.24) is 4.90 Å². The van der Waals surface area contributed by atoms with E-state index in [-0.39, 0.29) is 11.8 Å². The maximum absolute atomic E-state index is 12.2. The zero-order chi connectivity index (χ0) is 15.6. The van der Waals surface area contributed by atoms with E-state index in [9.17, 15) is 9.59 Å². The van der Waals surface area contributed by atoms with Crippen LogP contribution in [0.3, 0.4) is 0 Å². The molecule has 0 aliphatic carbocycles. The third-order valence-corrected chi connectivity index (χ3v) is 3.55. The van der Waals surface area contributed by atoms with Gasteiger partial charge in [-0.3, -0.25) is 4.79 Å². The van der Waals surface area contributed by atoms with E-state index in [2.05, 4.69) is 6.07 Å². The number of carbonyl (C=O) groups excluding carboxylic acids is 2. The Morgan fingerprint density at radius 3 is 2.62 bits per heavy atom. The molecule has 4 heteroatoms. The van der Waals surface area contributed by atoms with Crippen molar-refractivity contribution in [3.8, 4) is 0 Å². The van der Waals surface area contributed by atoms with Crippen molar-refractivity contribution in [1.29, 1.82) is 0 Å². The van der Waals surface area contributed by atoms with Gasteiger partial charge in [0, 0.05) is 13.0 Å². The van der Waals surface area contributed by atoms with Gasteiger partial charge in [-0.05, 0) is 45.6 Å². The Bertz CT molecular complexity index is 545. The summed E-state index contributed by atoms with van der Waals surface area (Å²) in [6.07, 6.45) is 0.618. The summed E-state index contributed by atoms with van der Waals surface area (Å²) in [4.78, 5) is 25.5. The molecular formula is C17H23NO3. The van der Waals surface area contributed by atoms with Crippen LogP contribution in [0, 0.1) is 6.92 Å². The van der Waals surface area contributed by atoms with Gasteiger partial charge in [-0.1, -0.05) is 29.8 Å². The van der Waals surface area contributed by atoms with Crippen molar-refractivity contribution in [2.45, 2.75) is 52.1 Å². The standard InChI is InChI=1S/C17H23NO3/c1-12-6-5-7-13(10-12)14-8-9-18(15(19)11-14)16(20)21-17(2,3)4/h5-7,10,14H,8-9,11H2,1-4H3. The van der Waals surface area contributed by atoms with E-state index in [1.165, 1.54) is 16.0 Å². The summed E-state index contributed by atoms with van der Waals surface area (Å²) in [6.45, 7) is 7.87.